The average Bonchev–Trinajstić information content (AvgIpc) is 2.92. The zero-order chi connectivity index (χ0) is 12.5. The van der Waals surface area contributed by atoms with Crippen LogP contribution in [0.4, 0.5) is 0 Å². The standard InChI is InChI=1S/C14H21NO2/c1-14(2,3)17-13(16)9-15-8-10-4-5-11-7-12(11)6-10/h4-6,11-12,15H,7-9H2,1-3H3. The van der Waals surface area contributed by atoms with Crippen molar-refractivity contribution in [2.45, 2.75) is 32.8 Å². The van der Waals surface area contributed by atoms with E-state index in [2.05, 4.69) is 23.5 Å². The van der Waals surface area contributed by atoms with Gasteiger partial charge in [0.25, 0.3) is 0 Å². The van der Waals surface area contributed by atoms with E-state index in [1.807, 2.05) is 20.8 Å². The van der Waals surface area contributed by atoms with E-state index < -0.39 is 5.60 Å². The summed E-state index contributed by atoms with van der Waals surface area (Å²) in [5.41, 5.74) is 0.886. The van der Waals surface area contributed by atoms with Crippen molar-refractivity contribution in [3.05, 3.63) is 23.8 Å². The van der Waals surface area contributed by atoms with Gasteiger partial charge in [0.1, 0.15) is 5.60 Å². The first-order chi connectivity index (χ1) is 7.94. The van der Waals surface area contributed by atoms with Crippen molar-refractivity contribution in [2.24, 2.45) is 11.8 Å². The molecule has 1 saturated carbocycles. The molecule has 0 saturated heterocycles. The molecule has 3 heteroatoms. The minimum absolute atomic E-state index is 0.192. The van der Waals surface area contributed by atoms with Crippen molar-refractivity contribution in [3.8, 4) is 0 Å². The molecule has 2 aliphatic rings. The summed E-state index contributed by atoms with van der Waals surface area (Å²) in [7, 11) is 0. The Labute approximate surface area is 103 Å². The largest absolute Gasteiger partial charge is 0.459 e. The first-order valence-electron chi connectivity index (χ1n) is 6.25. The summed E-state index contributed by atoms with van der Waals surface area (Å²) in [4.78, 5) is 11.5. The zero-order valence-corrected chi connectivity index (χ0v) is 10.8. The van der Waals surface area contributed by atoms with Crippen molar-refractivity contribution in [2.75, 3.05) is 13.1 Å². The van der Waals surface area contributed by atoms with Gasteiger partial charge in [-0.15, -0.1) is 0 Å². The first kappa shape index (κ1) is 12.4. The summed E-state index contributed by atoms with van der Waals surface area (Å²) in [6, 6.07) is 0. The lowest BCUT2D eigenvalue weighted by Gasteiger charge is -2.19. The zero-order valence-electron chi connectivity index (χ0n) is 10.8. The van der Waals surface area contributed by atoms with Crippen LogP contribution < -0.4 is 5.32 Å². The number of rotatable bonds is 4. The molecule has 3 nitrogen and oxygen atoms in total. The second-order valence-electron chi connectivity index (χ2n) is 5.85. The van der Waals surface area contributed by atoms with Crippen LogP contribution in [0.3, 0.4) is 0 Å². The number of esters is 1. The molecule has 0 heterocycles. The molecule has 94 valence electrons. The van der Waals surface area contributed by atoms with E-state index in [1.165, 1.54) is 12.0 Å². The van der Waals surface area contributed by atoms with Crippen LogP contribution in [0.15, 0.2) is 23.8 Å². The predicted octanol–water partition coefficient (Wildman–Crippen LogP) is 2.05. The van der Waals surface area contributed by atoms with E-state index in [9.17, 15) is 4.79 Å². The second kappa shape index (κ2) is 4.65. The maximum atomic E-state index is 11.5. The third-order valence-corrected chi connectivity index (χ3v) is 2.90. The van der Waals surface area contributed by atoms with E-state index in [4.69, 9.17) is 4.74 Å². The Morgan fingerprint density at radius 1 is 1.47 bits per heavy atom. The third-order valence-electron chi connectivity index (χ3n) is 2.90. The molecule has 1 N–H and O–H groups in total. The highest BCUT2D eigenvalue weighted by molar-refractivity contribution is 5.72. The lowest BCUT2D eigenvalue weighted by atomic mass is 10.1. The molecular formula is C14H21NO2. The number of fused-ring (bicyclic) bond motifs is 1. The molecule has 0 spiro atoms. The van der Waals surface area contributed by atoms with Crippen LogP contribution in [-0.4, -0.2) is 24.7 Å². The number of hydrogen-bond acceptors (Lipinski definition) is 3. The van der Waals surface area contributed by atoms with Gasteiger partial charge >= 0.3 is 5.97 Å². The van der Waals surface area contributed by atoms with Crippen LogP contribution in [0.5, 0.6) is 0 Å². The van der Waals surface area contributed by atoms with Crippen LogP contribution in [0.25, 0.3) is 0 Å². The van der Waals surface area contributed by atoms with E-state index >= 15 is 0 Å². The molecule has 0 bridgehead atoms. The van der Waals surface area contributed by atoms with E-state index in [1.54, 1.807) is 0 Å². The normalized spacial score (nSPS) is 26.2. The maximum absolute atomic E-state index is 11.5. The van der Waals surface area contributed by atoms with Gasteiger partial charge in [-0.3, -0.25) is 4.79 Å². The smallest absolute Gasteiger partial charge is 0.320 e. The van der Waals surface area contributed by atoms with Crippen LogP contribution >= 0.6 is 0 Å². The Kier molecular flexibility index (Phi) is 3.38. The Morgan fingerprint density at radius 3 is 2.88 bits per heavy atom. The highest BCUT2D eigenvalue weighted by Gasteiger charge is 2.34. The molecule has 0 radical (unpaired) electrons. The minimum Gasteiger partial charge on any atom is -0.459 e. The highest BCUT2D eigenvalue weighted by Crippen LogP contribution is 2.44. The van der Waals surface area contributed by atoms with Crippen LogP contribution in [-0.2, 0) is 9.53 Å². The lowest BCUT2D eigenvalue weighted by molar-refractivity contribution is -0.153. The molecular weight excluding hydrogens is 214 g/mol. The Hall–Kier alpha value is -1.09. The van der Waals surface area contributed by atoms with Gasteiger partial charge in [0.2, 0.25) is 0 Å². The molecule has 0 amide bonds. The molecule has 2 unspecified atom stereocenters. The van der Waals surface area contributed by atoms with Crippen LogP contribution in [0.1, 0.15) is 27.2 Å². The summed E-state index contributed by atoms with van der Waals surface area (Å²) in [5.74, 6) is 1.37. The molecule has 2 rings (SSSR count). The molecule has 0 aromatic heterocycles. The summed E-state index contributed by atoms with van der Waals surface area (Å²) in [6.07, 6.45) is 8.05. The fourth-order valence-electron chi connectivity index (χ4n) is 2.03. The summed E-state index contributed by atoms with van der Waals surface area (Å²) in [6.45, 7) is 6.66. The minimum atomic E-state index is -0.399. The number of carbonyl (C=O) groups is 1. The van der Waals surface area contributed by atoms with E-state index in [-0.39, 0.29) is 12.5 Å². The van der Waals surface area contributed by atoms with Crippen LogP contribution in [0.2, 0.25) is 0 Å². The van der Waals surface area contributed by atoms with Gasteiger partial charge in [-0.1, -0.05) is 18.2 Å². The summed E-state index contributed by atoms with van der Waals surface area (Å²) >= 11 is 0. The average molecular weight is 235 g/mol. The molecule has 2 atom stereocenters. The molecule has 2 aliphatic carbocycles. The quantitative estimate of drug-likeness (QED) is 0.758. The van der Waals surface area contributed by atoms with E-state index in [0.717, 1.165) is 18.4 Å². The van der Waals surface area contributed by atoms with Gasteiger partial charge in [0.05, 0.1) is 6.54 Å². The van der Waals surface area contributed by atoms with Crippen molar-refractivity contribution >= 4 is 5.97 Å². The number of nitrogens with one attached hydrogen (secondary N) is 1. The van der Waals surface area contributed by atoms with Crippen molar-refractivity contribution in [1.29, 1.82) is 0 Å². The van der Waals surface area contributed by atoms with Gasteiger partial charge in [-0.25, -0.2) is 0 Å². The van der Waals surface area contributed by atoms with Crippen LogP contribution in [0, 0.1) is 11.8 Å². The van der Waals surface area contributed by atoms with Crippen molar-refractivity contribution in [3.63, 3.8) is 0 Å². The summed E-state index contributed by atoms with van der Waals surface area (Å²) < 4.78 is 5.22. The topological polar surface area (TPSA) is 38.3 Å². The Bertz CT molecular complexity index is 363. The Balaban J connectivity index is 1.66. The monoisotopic (exact) mass is 235 g/mol. The first-order valence-corrected chi connectivity index (χ1v) is 6.25. The predicted molar refractivity (Wildman–Crippen MR) is 67.5 cm³/mol. The molecule has 0 aromatic carbocycles. The number of ether oxygens (including phenoxy) is 1. The van der Waals surface area contributed by atoms with Gasteiger partial charge in [0, 0.05) is 6.54 Å². The highest BCUT2D eigenvalue weighted by atomic mass is 16.6. The SMILES string of the molecule is CC(C)(C)OC(=O)CNCC1=CC2CC2C=C1. The van der Waals surface area contributed by atoms with Crippen molar-refractivity contribution in [1.82, 2.24) is 5.32 Å². The number of carbonyl (C=O) groups excluding carboxylic acids is 1. The Morgan fingerprint density at radius 2 is 2.24 bits per heavy atom. The number of hydrogen-bond donors (Lipinski definition) is 1. The molecule has 0 aliphatic heterocycles. The second-order valence-corrected chi connectivity index (χ2v) is 5.85. The van der Waals surface area contributed by atoms with Gasteiger partial charge < -0.3 is 10.1 Å². The van der Waals surface area contributed by atoms with Gasteiger partial charge in [-0.2, -0.15) is 0 Å². The third kappa shape index (κ3) is 4.00. The number of allylic oxidation sites excluding steroid dienone is 2. The molecule has 1 fully saturated rings. The van der Waals surface area contributed by atoms with Gasteiger partial charge in [0.15, 0.2) is 0 Å². The fraction of sp³-hybridized carbons (Fsp3) is 0.643. The molecule has 0 aromatic rings. The maximum Gasteiger partial charge on any atom is 0.320 e. The van der Waals surface area contributed by atoms with Crippen molar-refractivity contribution < 1.29 is 9.53 Å². The summed E-state index contributed by atoms with van der Waals surface area (Å²) in [5, 5.41) is 3.12. The molecule has 17 heavy (non-hydrogen) atoms. The van der Waals surface area contributed by atoms with E-state index in [0.29, 0.717) is 0 Å². The fourth-order valence-corrected chi connectivity index (χ4v) is 2.03. The van der Waals surface area contributed by atoms with Gasteiger partial charge in [-0.05, 0) is 44.6 Å². The lowest BCUT2D eigenvalue weighted by Crippen LogP contribution is -2.32.